The van der Waals surface area contributed by atoms with Gasteiger partial charge in [-0.3, -0.25) is 9.59 Å². The first-order valence-corrected chi connectivity index (χ1v) is 8.80. The number of nitrogens with zero attached hydrogens (tertiary/aromatic N) is 1. The maximum Gasteiger partial charge on any atom is 0.255 e. The van der Waals surface area contributed by atoms with Crippen LogP contribution in [0.1, 0.15) is 23.2 Å². The second kappa shape index (κ2) is 6.88. The molecule has 2 aliphatic heterocycles. The standard InChI is InChI=1S/C19H17ClN2O4/c20-15-9-12(10-16-18(15)26-8-7-25-16)19(24)21-13-3-1-4-14(11-13)22-6-2-5-17(22)23/h1,3-4,9-11H,2,5-8H2,(H,21,24). The number of amides is 2. The van der Waals surface area contributed by atoms with Gasteiger partial charge in [0, 0.05) is 29.9 Å². The van der Waals surface area contributed by atoms with Crippen molar-refractivity contribution in [3.05, 3.63) is 47.0 Å². The van der Waals surface area contributed by atoms with Gasteiger partial charge in [0.2, 0.25) is 5.91 Å². The average Bonchev–Trinajstić information content (AvgIpc) is 3.08. The van der Waals surface area contributed by atoms with Crippen LogP contribution in [-0.4, -0.2) is 31.6 Å². The molecule has 1 saturated heterocycles. The van der Waals surface area contributed by atoms with Crippen LogP contribution < -0.4 is 19.7 Å². The Morgan fingerprint density at radius 3 is 2.81 bits per heavy atom. The fourth-order valence-corrected chi connectivity index (χ4v) is 3.38. The third-order valence-electron chi connectivity index (χ3n) is 4.35. The zero-order chi connectivity index (χ0) is 18.1. The molecule has 0 spiro atoms. The lowest BCUT2D eigenvalue weighted by Crippen LogP contribution is -2.23. The van der Waals surface area contributed by atoms with Gasteiger partial charge in [0.1, 0.15) is 13.2 Å². The normalized spacial score (nSPS) is 15.9. The molecular weight excluding hydrogens is 356 g/mol. The van der Waals surface area contributed by atoms with E-state index in [9.17, 15) is 9.59 Å². The molecule has 0 aromatic heterocycles. The number of ether oxygens (including phenoxy) is 2. The highest BCUT2D eigenvalue weighted by atomic mass is 35.5. The Morgan fingerprint density at radius 2 is 2.00 bits per heavy atom. The number of rotatable bonds is 3. The zero-order valence-corrected chi connectivity index (χ0v) is 14.7. The number of halogens is 1. The number of hydrogen-bond donors (Lipinski definition) is 1. The smallest absolute Gasteiger partial charge is 0.255 e. The van der Waals surface area contributed by atoms with Crippen molar-refractivity contribution in [1.82, 2.24) is 0 Å². The van der Waals surface area contributed by atoms with Crippen molar-refractivity contribution in [2.24, 2.45) is 0 Å². The highest BCUT2D eigenvalue weighted by Gasteiger charge is 2.22. The molecule has 7 heteroatoms. The van der Waals surface area contributed by atoms with E-state index in [1.165, 1.54) is 0 Å². The van der Waals surface area contributed by atoms with Crippen LogP contribution in [0.15, 0.2) is 36.4 Å². The molecule has 0 bridgehead atoms. The molecule has 2 aromatic carbocycles. The second-order valence-electron chi connectivity index (χ2n) is 6.14. The Balaban J connectivity index is 1.55. The van der Waals surface area contributed by atoms with Gasteiger partial charge >= 0.3 is 0 Å². The zero-order valence-electron chi connectivity index (χ0n) is 14.0. The van der Waals surface area contributed by atoms with E-state index in [-0.39, 0.29) is 11.8 Å². The Kier molecular flexibility index (Phi) is 4.42. The van der Waals surface area contributed by atoms with Crippen molar-refractivity contribution >= 4 is 34.8 Å². The first kappa shape index (κ1) is 16.7. The number of benzene rings is 2. The van der Waals surface area contributed by atoms with Crippen LogP contribution in [0, 0.1) is 0 Å². The summed E-state index contributed by atoms with van der Waals surface area (Å²) in [7, 11) is 0. The van der Waals surface area contributed by atoms with Gasteiger partial charge in [-0.2, -0.15) is 0 Å². The van der Waals surface area contributed by atoms with Gasteiger partial charge in [-0.15, -0.1) is 0 Å². The number of carbonyl (C=O) groups excluding carboxylic acids is 2. The van der Waals surface area contributed by atoms with Gasteiger partial charge in [0.05, 0.1) is 5.02 Å². The first-order chi connectivity index (χ1) is 12.6. The summed E-state index contributed by atoms with van der Waals surface area (Å²) in [6.45, 7) is 1.55. The van der Waals surface area contributed by atoms with Gasteiger partial charge in [0.25, 0.3) is 5.91 Å². The largest absolute Gasteiger partial charge is 0.486 e. The lowest BCUT2D eigenvalue weighted by molar-refractivity contribution is -0.117. The molecule has 1 fully saturated rings. The van der Waals surface area contributed by atoms with Gasteiger partial charge in [0.15, 0.2) is 11.5 Å². The third kappa shape index (κ3) is 3.20. The lowest BCUT2D eigenvalue weighted by Gasteiger charge is -2.20. The summed E-state index contributed by atoms with van der Waals surface area (Å²) < 4.78 is 11.0. The minimum Gasteiger partial charge on any atom is -0.486 e. The highest BCUT2D eigenvalue weighted by Crippen LogP contribution is 2.38. The Bertz CT molecular complexity index is 884. The van der Waals surface area contributed by atoms with Crippen LogP contribution in [0.25, 0.3) is 0 Å². The molecule has 0 unspecified atom stereocenters. The van der Waals surface area contributed by atoms with Crippen LogP contribution in [0.3, 0.4) is 0 Å². The van der Waals surface area contributed by atoms with Crippen LogP contribution in [-0.2, 0) is 4.79 Å². The van der Waals surface area contributed by atoms with Crippen molar-refractivity contribution in [2.75, 3.05) is 30.0 Å². The van der Waals surface area contributed by atoms with E-state index < -0.39 is 0 Å². The molecule has 0 aliphatic carbocycles. The van der Waals surface area contributed by atoms with E-state index in [1.54, 1.807) is 29.2 Å². The Labute approximate surface area is 155 Å². The molecule has 4 rings (SSSR count). The molecule has 6 nitrogen and oxygen atoms in total. The number of carbonyl (C=O) groups is 2. The van der Waals surface area contributed by atoms with Crippen molar-refractivity contribution < 1.29 is 19.1 Å². The minimum absolute atomic E-state index is 0.104. The fourth-order valence-electron chi connectivity index (χ4n) is 3.12. The number of anilines is 2. The summed E-state index contributed by atoms with van der Waals surface area (Å²) in [4.78, 5) is 26.2. The van der Waals surface area contributed by atoms with Crippen molar-refractivity contribution in [3.8, 4) is 11.5 Å². The predicted molar refractivity (Wildman–Crippen MR) is 98.4 cm³/mol. The molecule has 0 atom stereocenters. The van der Waals surface area contributed by atoms with Crippen LogP contribution in [0.2, 0.25) is 5.02 Å². The second-order valence-corrected chi connectivity index (χ2v) is 6.54. The maximum absolute atomic E-state index is 12.6. The molecule has 2 aliphatic rings. The van der Waals surface area contributed by atoms with Crippen molar-refractivity contribution in [2.45, 2.75) is 12.8 Å². The number of fused-ring (bicyclic) bond motifs is 1. The summed E-state index contributed by atoms with van der Waals surface area (Å²) in [5.41, 5.74) is 1.77. The maximum atomic E-state index is 12.6. The predicted octanol–water partition coefficient (Wildman–Crippen LogP) is 3.49. The molecule has 1 N–H and O–H groups in total. The number of hydrogen-bond acceptors (Lipinski definition) is 4. The lowest BCUT2D eigenvalue weighted by atomic mass is 10.1. The van der Waals surface area contributed by atoms with Gasteiger partial charge in [-0.05, 0) is 36.8 Å². The van der Waals surface area contributed by atoms with Gasteiger partial charge in [-0.25, -0.2) is 0 Å². The van der Waals surface area contributed by atoms with E-state index >= 15 is 0 Å². The number of nitrogens with one attached hydrogen (secondary N) is 1. The molecule has 0 saturated carbocycles. The van der Waals surface area contributed by atoms with E-state index in [4.69, 9.17) is 21.1 Å². The summed E-state index contributed by atoms with van der Waals surface area (Å²) in [6, 6.07) is 10.4. The van der Waals surface area contributed by atoms with Crippen LogP contribution >= 0.6 is 11.6 Å². The molecule has 0 radical (unpaired) electrons. The third-order valence-corrected chi connectivity index (χ3v) is 4.63. The van der Waals surface area contributed by atoms with Gasteiger partial charge in [-0.1, -0.05) is 17.7 Å². The molecule has 2 amide bonds. The highest BCUT2D eigenvalue weighted by molar-refractivity contribution is 6.32. The minimum atomic E-state index is -0.311. The summed E-state index contributed by atoms with van der Waals surface area (Å²) in [6.07, 6.45) is 1.41. The molecule has 2 heterocycles. The Morgan fingerprint density at radius 1 is 1.15 bits per heavy atom. The molecule has 134 valence electrons. The fraction of sp³-hybridized carbons (Fsp3) is 0.263. The van der Waals surface area contributed by atoms with Crippen LogP contribution in [0.4, 0.5) is 11.4 Å². The first-order valence-electron chi connectivity index (χ1n) is 8.43. The van der Waals surface area contributed by atoms with E-state index in [2.05, 4.69) is 5.32 Å². The molecular formula is C19H17ClN2O4. The monoisotopic (exact) mass is 372 g/mol. The van der Waals surface area contributed by atoms with Crippen molar-refractivity contribution in [1.29, 1.82) is 0 Å². The molecule has 26 heavy (non-hydrogen) atoms. The van der Waals surface area contributed by atoms with Crippen molar-refractivity contribution in [3.63, 3.8) is 0 Å². The quantitative estimate of drug-likeness (QED) is 0.895. The van der Waals surface area contributed by atoms with E-state index in [0.717, 1.165) is 12.1 Å². The average molecular weight is 373 g/mol. The summed E-state index contributed by atoms with van der Waals surface area (Å²) in [5, 5.41) is 3.18. The Hall–Kier alpha value is -2.73. The van der Waals surface area contributed by atoms with Gasteiger partial charge < -0.3 is 19.7 Å². The SMILES string of the molecule is O=C(Nc1cccc(N2CCCC2=O)c1)c1cc(Cl)c2c(c1)OCCO2. The van der Waals surface area contributed by atoms with Crippen LogP contribution in [0.5, 0.6) is 11.5 Å². The van der Waals surface area contributed by atoms with E-state index in [1.807, 2.05) is 12.1 Å². The van der Waals surface area contributed by atoms with E-state index in [0.29, 0.717) is 54.0 Å². The summed E-state index contributed by atoms with van der Waals surface area (Å²) in [5.74, 6) is 0.718. The summed E-state index contributed by atoms with van der Waals surface area (Å²) >= 11 is 6.19. The topological polar surface area (TPSA) is 67.9 Å². The molecule has 2 aromatic rings.